The summed E-state index contributed by atoms with van der Waals surface area (Å²) in [6.45, 7) is 3.40. The van der Waals surface area contributed by atoms with E-state index in [2.05, 4.69) is 78.1 Å². The molecule has 2 rings (SSSR count). The van der Waals surface area contributed by atoms with E-state index in [0.717, 1.165) is 17.1 Å². The Labute approximate surface area is 132 Å². The number of nitrogens with zero attached hydrogens (tertiary/aromatic N) is 2. The topological polar surface area (TPSA) is 6.48 Å². The second-order valence-corrected chi connectivity index (χ2v) is 7.15. The van der Waals surface area contributed by atoms with Gasteiger partial charge in [0.1, 0.15) is 0 Å². The molecule has 1 aromatic rings. The summed E-state index contributed by atoms with van der Waals surface area (Å²) in [6.07, 6.45) is 5.07. The van der Waals surface area contributed by atoms with Crippen LogP contribution in [-0.4, -0.2) is 43.5 Å². The summed E-state index contributed by atoms with van der Waals surface area (Å²) in [4.78, 5) is 4.93. The lowest BCUT2D eigenvalue weighted by atomic mass is 9.73. The first-order valence-corrected chi connectivity index (χ1v) is 8.42. The molecule has 0 amide bonds. The van der Waals surface area contributed by atoms with Crippen molar-refractivity contribution in [2.75, 3.05) is 27.7 Å². The molecule has 0 unspecified atom stereocenters. The quantitative estimate of drug-likeness (QED) is 0.815. The first-order chi connectivity index (χ1) is 9.49. The first kappa shape index (κ1) is 16.0. The molecule has 1 aliphatic carbocycles. The minimum Gasteiger partial charge on any atom is -0.304 e. The average molecular weight is 339 g/mol. The molecule has 3 heteroatoms. The fourth-order valence-electron chi connectivity index (χ4n) is 3.53. The number of hydrogen-bond donors (Lipinski definition) is 0. The van der Waals surface area contributed by atoms with Crippen LogP contribution in [0, 0.1) is 0 Å². The predicted molar refractivity (Wildman–Crippen MR) is 90.1 cm³/mol. The second kappa shape index (κ2) is 6.59. The van der Waals surface area contributed by atoms with Gasteiger partial charge in [0.25, 0.3) is 0 Å². The van der Waals surface area contributed by atoms with E-state index in [1.165, 1.54) is 31.2 Å². The summed E-state index contributed by atoms with van der Waals surface area (Å²) in [6, 6.07) is 9.67. The lowest BCUT2D eigenvalue weighted by Crippen LogP contribution is -2.48. The largest absolute Gasteiger partial charge is 0.304 e. The molecular weight excluding hydrogens is 312 g/mol. The van der Waals surface area contributed by atoms with Crippen LogP contribution in [0.15, 0.2) is 28.7 Å². The van der Waals surface area contributed by atoms with Crippen LogP contribution < -0.4 is 0 Å². The van der Waals surface area contributed by atoms with Crippen LogP contribution in [0.4, 0.5) is 0 Å². The second-order valence-electron chi connectivity index (χ2n) is 6.24. The van der Waals surface area contributed by atoms with Gasteiger partial charge in [-0.1, -0.05) is 35.0 Å². The van der Waals surface area contributed by atoms with E-state index in [-0.39, 0.29) is 5.54 Å². The molecule has 1 aliphatic rings. The number of benzene rings is 1. The maximum atomic E-state index is 3.54. The molecule has 0 atom stereocenters. The van der Waals surface area contributed by atoms with Crippen LogP contribution in [0.25, 0.3) is 0 Å². The van der Waals surface area contributed by atoms with Crippen molar-refractivity contribution in [3.05, 3.63) is 34.3 Å². The van der Waals surface area contributed by atoms with Crippen LogP contribution in [0.3, 0.4) is 0 Å². The van der Waals surface area contributed by atoms with Crippen LogP contribution in [-0.2, 0) is 5.54 Å². The Kier molecular flexibility index (Phi) is 5.27. The van der Waals surface area contributed by atoms with E-state index in [1.807, 2.05) is 0 Å². The van der Waals surface area contributed by atoms with Crippen molar-refractivity contribution < 1.29 is 0 Å². The van der Waals surface area contributed by atoms with Gasteiger partial charge in [0, 0.05) is 16.1 Å². The maximum absolute atomic E-state index is 3.54. The summed E-state index contributed by atoms with van der Waals surface area (Å²) in [5, 5.41) is 0. The molecule has 0 spiro atoms. The van der Waals surface area contributed by atoms with Gasteiger partial charge in [-0.25, -0.2) is 0 Å². The number of halogens is 1. The van der Waals surface area contributed by atoms with E-state index < -0.39 is 0 Å². The zero-order valence-corrected chi connectivity index (χ0v) is 14.8. The lowest BCUT2D eigenvalue weighted by molar-refractivity contribution is 0.0588. The Morgan fingerprint density at radius 2 is 1.65 bits per heavy atom. The third kappa shape index (κ3) is 3.10. The monoisotopic (exact) mass is 338 g/mol. The Morgan fingerprint density at radius 1 is 1.10 bits per heavy atom. The molecule has 0 radical (unpaired) electrons. The first-order valence-electron chi connectivity index (χ1n) is 7.63. The van der Waals surface area contributed by atoms with Gasteiger partial charge in [-0.15, -0.1) is 0 Å². The van der Waals surface area contributed by atoms with Gasteiger partial charge in [-0.3, -0.25) is 4.90 Å². The number of hydrogen-bond acceptors (Lipinski definition) is 2. The highest BCUT2D eigenvalue weighted by Crippen LogP contribution is 2.42. The van der Waals surface area contributed by atoms with Gasteiger partial charge in [-0.2, -0.15) is 0 Å². The van der Waals surface area contributed by atoms with E-state index in [0.29, 0.717) is 0 Å². The number of rotatable bonds is 4. The van der Waals surface area contributed by atoms with Gasteiger partial charge < -0.3 is 4.90 Å². The van der Waals surface area contributed by atoms with Crippen molar-refractivity contribution in [1.29, 1.82) is 0 Å². The zero-order chi connectivity index (χ0) is 14.8. The summed E-state index contributed by atoms with van der Waals surface area (Å²) < 4.78 is 1.16. The smallest absolute Gasteiger partial charge is 0.0455 e. The van der Waals surface area contributed by atoms with Gasteiger partial charge in [-0.05, 0) is 71.1 Å². The molecule has 0 saturated heterocycles. The lowest BCUT2D eigenvalue weighted by Gasteiger charge is -2.47. The molecule has 20 heavy (non-hydrogen) atoms. The molecule has 1 aromatic carbocycles. The molecule has 0 aromatic heterocycles. The zero-order valence-electron chi connectivity index (χ0n) is 13.2. The Hall–Kier alpha value is -0.380. The Balaban J connectivity index is 2.19. The molecule has 1 saturated carbocycles. The predicted octanol–water partition coefficient (Wildman–Crippen LogP) is 4.10. The summed E-state index contributed by atoms with van der Waals surface area (Å²) in [7, 11) is 6.71. The van der Waals surface area contributed by atoms with E-state index in [9.17, 15) is 0 Å². The van der Waals surface area contributed by atoms with Crippen molar-refractivity contribution in [1.82, 2.24) is 9.80 Å². The standard InChI is InChI=1S/C17H27BrN2/c1-5-20(4)16-10-12-17(13-11-16,19(2)3)14-6-8-15(18)9-7-14/h6-9,16H,5,10-13H2,1-4H3. The van der Waals surface area contributed by atoms with Gasteiger partial charge in [0.05, 0.1) is 0 Å². The van der Waals surface area contributed by atoms with Gasteiger partial charge >= 0.3 is 0 Å². The third-order valence-corrected chi connectivity index (χ3v) is 5.67. The van der Waals surface area contributed by atoms with Crippen molar-refractivity contribution in [3.63, 3.8) is 0 Å². The SMILES string of the molecule is CCN(C)C1CCC(c2ccc(Br)cc2)(N(C)C)CC1. The third-order valence-electron chi connectivity index (χ3n) is 5.14. The highest BCUT2D eigenvalue weighted by atomic mass is 79.9. The highest BCUT2D eigenvalue weighted by Gasteiger charge is 2.39. The molecule has 0 heterocycles. The molecule has 0 N–H and O–H groups in total. The van der Waals surface area contributed by atoms with Crippen molar-refractivity contribution in [2.24, 2.45) is 0 Å². The maximum Gasteiger partial charge on any atom is 0.0455 e. The molecule has 1 fully saturated rings. The Bertz CT molecular complexity index is 419. The van der Waals surface area contributed by atoms with Crippen molar-refractivity contribution in [2.45, 2.75) is 44.2 Å². The van der Waals surface area contributed by atoms with E-state index in [4.69, 9.17) is 0 Å². The summed E-state index contributed by atoms with van der Waals surface area (Å²) in [5.41, 5.74) is 1.68. The molecular formula is C17H27BrN2. The summed E-state index contributed by atoms with van der Waals surface area (Å²) >= 11 is 3.54. The normalized spacial score (nSPS) is 27.2. The van der Waals surface area contributed by atoms with Crippen LogP contribution in [0.1, 0.15) is 38.2 Å². The molecule has 0 aliphatic heterocycles. The van der Waals surface area contributed by atoms with Gasteiger partial charge in [0.2, 0.25) is 0 Å². The minimum atomic E-state index is 0.214. The van der Waals surface area contributed by atoms with Crippen LogP contribution >= 0.6 is 15.9 Å². The fourth-order valence-corrected chi connectivity index (χ4v) is 3.80. The van der Waals surface area contributed by atoms with Crippen molar-refractivity contribution >= 4 is 15.9 Å². The summed E-state index contributed by atoms with van der Waals surface area (Å²) in [5.74, 6) is 0. The van der Waals surface area contributed by atoms with Crippen LogP contribution in [0.2, 0.25) is 0 Å². The molecule has 112 valence electrons. The highest BCUT2D eigenvalue weighted by molar-refractivity contribution is 9.10. The minimum absolute atomic E-state index is 0.214. The van der Waals surface area contributed by atoms with Crippen molar-refractivity contribution in [3.8, 4) is 0 Å². The Morgan fingerprint density at radius 3 is 2.10 bits per heavy atom. The van der Waals surface area contributed by atoms with E-state index in [1.54, 1.807) is 0 Å². The van der Waals surface area contributed by atoms with Gasteiger partial charge in [0.15, 0.2) is 0 Å². The molecule has 0 bridgehead atoms. The average Bonchev–Trinajstić information content (AvgIpc) is 2.47. The fraction of sp³-hybridized carbons (Fsp3) is 0.647. The van der Waals surface area contributed by atoms with E-state index >= 15 is 0 Å². The van der Waals surface area contributed by atoms with Crippen LogP contribution in [0.5, 0.6) is 0 Å². The molecule has 2 nitrogen and oxygen atoms in total.